The molecule has 0 aromatic carbocycles. The zero-order valence-electron chi connectivity index (χ0n) is 10.5. The minimum Gasteiger partial charge on any atom is -0.274 e. The molecule has 2 aromatic heterocycles. The molecule has 6 nitrogen and oxygen atoms in total. The smallest absolute Gasteiger partial charge is 0.274 e. The van der Waals surface area contributed by atoms with Crippen LogP contribution in [0.4, 0.5) is 0 Å². The SMILES string of the molecule is C/C(=N\NC(=O)c1nn(C)cc1Br)c1ccncc1. The molecule has 0 unspecified atom stereocenters. The summed E-state index contributed by atoms with van der Waals surface area (Å²) >= 11 is 3.27. The lowest BCUT2D eigenvalue weighted by molar-refractivity contribution is 0.0948. The van der Waals surface area contributed by atoms with Crippen molar-refractivity contribution >= 4 is 27.5 Å². The molecule has 0 fully saturated rings. The Morgan fingerprint density at radius 3 is 2.68 bits per heavy atom. The van der Waals surface area contributed by atoms with E-state index in [2.05, 4.69) is 36.5 Å². The zero-order valence-corrected chi connectivity index (χ0v) is 12.0. The summed E-state index contributed by atoms with van der Waals surface area (Å²) in [6.07, 6.45) is 5.05. The van der Waals surface area contributed by atoms with Gasteiger partial charge in [0.15, 0.2) is 5.69 Å². The van der Waals surface area contributed by atoms with Gasteiger partial charge in [-0.3, -0.25) is 14.5 Å². The van der Waals surface area contributed by atoms with E-state index in [0.29, 0.717) is 15.9 Å². The third kappa shape index (κ3) is 3.25. The number of carbonyl (C=O) groups is 1. The molecule has 2 rings (SSSR count). The summed E-state index contributed by atoms with van der Waals surface area (Å²) in [6, 6.07) is 3.64. The first kappa shape index (κ1) is 13.4. The number of hydrogen-bond donors (Lipinski definition) is 1. The lowest BCUT2D eigenvalue weighted by Crippen LogP contribution is -2.20. The molecule has 7 heteroatoms. The molecule has 19 heavy (non-hydrogen) atoms. The molecule has 0 spiro atoms. The van der Waals surface area contributed by atoms with Crippen LogP contribution in [0.2, 0.25) is 0 Å². The maximum absolute atomic E-state index is 11.9. The van der Waals surface area contributed by atoms with Crippen molar-refractivity contribution in [1.29, 1.82) is 0 Å². The number of hydrogen-bond acceptors (Lipinski definition) is 4. The molecule has 0 atom stereocenters. The molecule has 2 heterocycles. The summed E-state index contributed by atoms with van der Waals surface area (Å²) < 4.78 is 2.18. The van der Waals surface area contributed by atoms with Crippen molar-refractivity contribution in [2.75, 3.05) is 0 Å². The second kappa shape index (κ2) is 5.75. The van der Waals surface area contributed by atoms with Gasteiger partial charge in [-0.05, 0) is 35.0 Å². The van der Waals surface area contributed by atoms with Crippen molar-refractivity contribution in [3.05, 3.63) is 46.5 Å². The van der Waals surface area contributed by atoms with E-state index in [0.717, 1.165) is 5.56 Å². The van der Waals surface area contributed by atoms with Gasteiger partial charge in [0.2, 0.25) is 0 Å². The summed E-state index contributed by atoms with van der Waals surface area (Å²) in [6.45, 7) is 1.81. The molecule has 0 aliphatic rings. The van der Waals surface area contributed by atoms with Gasteiger partial charge in [-0.15, -0.1) is 0 Å². The summed E-state index contributed by atoms with van der Waals surface area (Å²) in [5.74, 6) is -0.360. The molecule has 0 saturated heterocycles. The van der Waals surface area contributed by atoms with Crippen molar-refractivity contribution < 1.29 is 4.79 Å². The number of nitrogens with one attached hydrogen (secondary N) is 1. The fourth-order valence-corrected chi connectivity index (χ4v) is 2.01. The van der Waals surface area contributed by atoms with E-state index in [1.807, 2.05) is 19.1 Å². The highest BCUT2D eigenvalue weighted by Crippen LogP contribution is 2.13. The number of carbonyl (C=O) groups excluding carboxylic acids is 1. The van der Waals surface area contributed by atoms with Crippen LogP contribution in [0.15, 0.2) is 40.3 Å². The highest BCUT2D eigenvalue weighted by Gasteiger charge is 2.13. The number of nitrogens with zero attached hydrogens (tertiary/aromatic N) is 4. The Kier molecular flexibility index (Phi) is 4.06. The first-order valence-corrected chi connectivity index (χ1v) is 6.31. The summed E-state index contributed by atoms with van der Waals surface area (Å²) in [4.78, 5) is 15.8. The number of pyridine rings is 1. The van der Waals surface area contributed by atoms with Crippen LogP contribution < -0.4 is 5.43 Å². The first-order valence-electron chi connectivity index (χ1n) is 5.52. The minimum atomic E-state index is -0.360. The van der Waals surface area contributed by atoms with E-state index >= 15 is 0 Å². The van der Waals surface area contributed by atoms with E-state index < -0.39 is 0 Å². The average Bonchev–Trinajstić information content (AvgIpc) is 2.75. The van der Waals surface area contributed by atoms with E-state index in [1.54, 1.807) is 30.3 Å². The van der Waals surface area contributed by atoms with Gasteiger partial charge in [0, 0.05) is 31.2 Å². The molecule has 0 aliphatic carbocycles. The van der Waals surface area contributed by atoms with Crippen molar-refractivity contribution in [2.45, 2.75) is 6.92 Å². The monoisotopic (exact) mass is 321 g/mol. The van der Waals surface area contributed by atoms with Crippen molar-refractivity contribution in [3.63, 3.8) is 0 Å². The van der Waals surface area contributed by atoms with Gasteiger partial charge in [0.1, 0.15) is 0 Å². The third-order valence-electron chi connectivity index (χ3n) is 2.42. The van der Waals surface area contributed by atoms with Crippen LogP contribution in [0, 0.1) is 0 Å². The minimum absolute atomic E-state index is 0.300. The fourth-order valence-electron chi connectivity index (χ4n) is 1.46. The Morgan fingerprint density at radius 2 is 2.11 bits per heavy atom. The maximum Gasteiger partial charge on any atom is 0.293 e. The molecule has 0 saturated carbocycles. The Labute approximate surface area is 118 Å². The van der Waals surface area contributed by atoms with Crippen molar-refractivity contribution in [2.24, 2.45) is 12.1 Å². The van der Waals surface area contributed by atoms with Gasteiger partial charge in [-0.25, -0.2) is 5.43 Å². The lowest BCUT2D eigenvalue weighted by Gasteiger charge is -2.01. The summed E-state index contributed by atoms with van der Waals surface area (Å²) in [5, 5.41) is 8.08. The summed E-state index contributed by atoms with van der Waals surface area (Å²) in [7, 11) is 1.74. The van der Waals surface area contributed by atoms with Crippen LogP contribution in [0.3, 0.4) is 0 Å². The Morgan fingerprint density at radius 1 is 1.42 bits per heavy atom. The number of aryl methyl sites for hydroxylation is 1. The number of amides is 1. The van der Waals surface area contributed by atoms with Gasteiger partial charge in [-0.1, -0.05) is 0 Å². The molecule has 98 valence electrons. The normalized spacial score (nSPS) is 11.4. The van der Waals surface area contributed by atoms with Crippen LogP contribution >= 0.6 is 15.9 Å². The Hall–Kier alpha value is -2.02. The third-order valence-corrected chi connectivity index (χ3v) is 3.00. The predicted octanol–water partition coefficient (Wildman–Crippen LogP) is 1.73. The molecule has 1 amide bonds. The van der Waals surface area contributed by atoms with Crippen LogP contribution in [-0.4, -0.2) is 26.4 Å². The first-order chi connectivity index (χ1) is 9.08. The Bertz CT molecular complexity index is 620. The van der Waals surface area contributed by atoms with Gasteiger partial charge >= 0.3 is 0 Å². The van der Waals surface area contributed by atoms with Gasteiger partial charge in [0.05, 0.1) is 10.2 Å². The Balaban J connectivity index is 2.10. The second-order valence-electron chi connectivity index (χ2n) is 3.87. The van der Waals surface area contributed by atoms with Crippen LogP contribution in [0.1, 0.15) is 23.0 Å². The standard InChI is InChI=1S/C12H12BrN5O/c1-8(9-3-5-14-6-4-9)15-16-12(19)11-10(13)7-18(2)17-11/h3-7H,1-2H3,(H,16,19)/b15-8+. The molecule has 2 aromatic rings. The zero-order chi connectivity index (χ0) is 13.8. The number of rotatable bonds is 3. The van der Waals surface area contributed by atoms with Gasteiger partial charge in [-0.2, -0.15) is 10.2 Å². The summed E-state index contributed by atoms with van der Waals surface area (Å²) in [5.41, 5.74) is 4.37. The van der Waals surface area contributed by atoms with Crippen molar-refractivity contribution in [3.8, 4) is 0 Å². The van der Waals surface area contributed by atoms with E-state index in [1.165, 1.54) is 0 Å². The van der Waals surface area contributed by atoms with Crippen molar-refractivity contribution in [1.82, 2.24) is 20.2 Å². The fraction of sp³-hybridized carbons (Fsp3) is 0.167. The van der Waals surface area contributed by atoms with E-state index in [9.17, 15) is 4.79 Å². The highest BCUT2D eigenvalue weighted by molar-refractivity contribution is 9.10. The van der Waals surface area contributed by atoms with Crippen LogP contribution in [0.25, 0.3) is 0 Å². The quantitative estimate of drug-likeness (QED) is 0.691. The molecule has 0 aliphatic heterocycles. The van der Waals surface area contributed by atoms with Crippen LogP contribution in [-0.2, 0) is 7.05 Å². The van der Waals surface area contributed by atoms with Crippen LogP contribution in [0.5, 0.6) is 0 Å². The maximum atomic E-state index is 11.9. The second-order valence-corrected chi connectivity index (χ2v) is 4.73. The highest BCUT2D eigenvalue weighted by atomic mass is 79.9. The predicted molar refractivity (Wildman–Crippen MR) is 74.8 cm³/mol. The number of aromatic nitrogens is 3. The number of halogens is 1. The molecule has 0 radical (unpaired) electrons. The number of hydrazone groups is 1. The largest absolute Gasteiger partial charge is 0.293 e. The molecular weight excluding hydrogens is 310 g/mol. The van der Waals surface area contributed by atoms with Gasteiger partial charge in [0.25, 0.3) is 5.91 Å². The molecule has 1 N–H and O–H groups in total. The lowest BCUT2D eigenvalue weighted by atomic mass is 10.2. The topological polar surface area (TPSA) is 72.2 Å². The van der Waals surface area contributed by atoms with E-state index in [4.69, 9.17) is 0 Å². The average molecular weight is 322 g/mol. The van der Waals surface area contributed by atoms with E-state index in [-0.39, 0.29) is 5.91 Å². The van der Waals surface area contributed by atoms with Gasteiger partial charge < -0.3 is 0 Å². The molecule has 0 bridgehead atoms. The molecular formula is C12H12BrN5O.